The summed E-state index contributed by atoms with van der Waals surface area (Å²) in [6.45, 7) is -0.281. The number of anilines is 2. The highest BCUT2D eigenvalue weighted by Gasteiger charge is 2.38. The van der Waals surface area contributed by atoms with Gasteiger partial charge >= 0.3 is 10.8 Å². The molecule has 1 aliphatic rings. The third kappa shape index (κ3) is 3.87. The van der Waals surface area contributed by atoms with Crippen LogP contribution in [0.25, 0.3) is 0 Å². The van der Waals surface area contributed by atoms with E-state index in [1.807, 2.05) is 24.3 Å². The minimum Gasteiger partial charge on any atom is -0.497 e. The van der Waals surface area contributed by atoms with Gasteiger partial charge in [0.15, 0.2) is 0 Å². The van der Waals surface area contributed by atoms with Crippen LogP contribution in [0.5, 0.6) is 11.5 Å². The molecule has 1 aliphatic heterocycles. The van der Waals surface area contributed by atoms with Crippen LogP contribution in [0.1, 0.15) is 22.8 Å². The lowest BCUT2D eigenvalue weighted by Gasteiger charge is -2.32. The number of carbonyl (C=O) groups excluding carboxylic acids is 2. The number of benzene rings is 2. The summed E-state index contributed by atoms with van der Waals surface area (Å²) in [7, 11) is 4.41. The summed E-state index contributed by atoms with van der Waals surface area (Å²) in [5.74, 6) is 0.683. The topological polar surface area (TPSA) is 87.1 Å². The molecular formula is C23H22N2O6S. The highest BCUT2D eigenvalue weighted by molar-refractivity contribution is 7.10. The Morgan fingerprint density at radius 2 is 1.56 bits per heavy atom. The number of hydrogen-bond acceptors (Lipinski definition) is 7. The second-order valence-electron chi connectivity index (χ2n) is 7.18. The first kappa shape index (κ1) is 21.6. The van der Waals surface area contributed by atoms with E-state index in [9.17, 15) is 14.4 Å². The van der Waals surface area contributed by atoms with Crippen LogP contribution in [0.15, 0.2) is 53.3 Å². The van der Waals surface area contributed by atoms with Crippen molar-refractivity contribution < 1.29 is 23.8 Å². The molecule has 2 aromatic carbocycles. The number of rotatable bonds is 6. The van der Waals surface area contributed by atoms with E-state index in [0.29, 0.717) is 23.0 Å². The van der Waals surface area contributed by atoms with Crippen molar-refractivity contribution >= 4 is 34.7 Å². The predicted molar refractivity (Wildman–Crippen MR) is 120 cm³/mol. The molecule has 4 rings (SSSR count). The van der Waals surface area contributed by atoms with E-state index >= 15 is 0 Å². The fourth-order valence-corrected chi connectivity index (χ4v) is 4.89. The number of fused-ring (bicyclic) bond motifs is 1. The van der Waals surface area contributed by atoms with Crippen molar-refractivity contribution in [3.8, 4) is 11.5 Å². The molecular weight excluding hydrogens is 432 g/mol. The predicted octanol–water partition coefficient (Wildman–Crippen LogP) is 3.30. The summed E-state index contributed by atoms with van der Waals surface area (Å²) in [6, 6.07) is 14.4. The van der Waals surface area contributed by atoms with Crippen LogP contribution in [-0.4, -0.2) is 37.8 Å². The van der Waals surface area contributed by atoms with Crippen molar-refractivity contribution in [2.45, 2.75) is 18.9 Å². The van der Waals surface area contributed by atoms with Crippen molar-refractivity contribution in [2.75, 3.05) is 26.2 Å². The molecule has 0 saturated carbocycles. The summed E-state index contributed by atoms with van der Waals surface area (Å²) >= 11 is 1.04. The molecule has 0 saturated heterocycles. The molecule has 9 heteroatoms. The maximum atomic E-state index is 13.4. The molecule has 0 unspecified atom stereocenters. The van der Waals surface area contributed by atoms with Gasteiger partial charge in [0.05, 0.1) is 31.9 Å². The van der Waals surface area contributed by atoms with Gasteiger partial charge in [-0.05, 0) is 42.0 Å². The number of aromatic nitrogens is 1. The average molecular weight is 455 g/mol. The molecule has 1 amide bonds. The van der Waals surface area contributed by atoms with Crippen LogP contribution >= 0.6 is 11.3 Å². The van der Waals surface area contributed by atoms with E-state index in [0.717, 1.165) is 21.8 Å². The van der Waals surface area contributed by atoms with Crippen LogP contribution in [0.4, 0.5) is 11.5 Å². The van der Waals surface area contributed by atoms with Crippen LogP contribution in [0.2, 0.25) is 0 Å². The molecule has 0 bridgehead atoms. The second-order valence-corrected chi connectivity index (χ2v) is 8.17. The Balaban J connectivity index is 1.87. The van der Waals surface area contributed by atoms with E-state index in [4.69, 9.17) is 14.2 Å². The molecule has 0 spiro atoms. The van der Waals surface area contributed by atoms with Gasteiger partial charge in [-0.1, -0.05) is 23.5 Å². The first-order chi connectivity index (χ1) is 15.5. The quantitative estimate of drug-likeness (QED) is 0.531. The molecule has 166 valence electrons. The van der Waals surface area contributed by atoms with Crippen LogP contribution in [-0.2, 0) is 20.9 Å². The maximum absolute atomic E-state index is 13.4. The molecule has 0 aliphatic carbocycles. The first-order valence-corrected chi connectivity index (χ1v) is 10.7. The third-order valence-electron chi connectivity index (χ3n) is 5.41. The normalized spacial score (nSPS) is 15.3. The maximum Gasteiger partial charge on any atom is 0.325 e. The lowest BCUT2D eigenvalue weighted by Crippen LogP contribution is -2.36. The fraction of sp³-hybridized carbons (Fsp3) is 0.261. The number of hydrogen-bond donors (Lipinski definition) is 0. The van der Waals surface area contributed by atoms with Gasteiger partial charge in [0.2, 0.25) is 5.91 Å². The Bertz CT molecular complexity index is 1200. The van der Waals surface area contributed by atoms with Gasteiger partial charge in [0.25, 0.3) is 0 Å². The number of methoxy groups -OCH3 is 3. The Labute approximate surface area is 188 Å². The zero-order chi connectivity index (χ0) is 22.8. The highest BCUT2D eigenvalue weighted by Crippen LogP contribution is 2.45. The zero-order valence-corrected chi connectivity index (χ0v) is 18.7. The van der Waals surface area contributed by atoms with Gasteiger partial charge < -0.3 is 14.2 Å². The average Bonchev–Trinajstić information content (AvgIpc) is 3.14. The van der Waals surface area contributed by atoms with Crippen molar-refractivity contribution in [2.24, 2.45) is 0 Å². The van der Waals surface area contributed by atoms with Crippen molar-refractivity contribution in [3.05, 3.63) is 68.6 Å². The monoisotopic (exact) mass is 454 g/mol. The molecule has 0 N–H and O–H groups in total. The van der Waals surface area contributed by atoms with E-state index < -0.39 is 5.97 Å². The van der Waals surface area contributed by atoms with E-state index in [1.54, 1.807) is 38.5 Å². The molecule has 2 heterocycles. The molecule has 1 aromatic heterocycles. The van der Waals surface area contributed by atoms with Gasteiger partial charge in [-0.25, -0.2) is 0 Å². The minimum atomic E-state index is -0.568. The minimum absolute atomic E-state index is 0.181. The van der Waals surface area contributed by atoms with Gasteiger partial charge in [0, 0.05) is 12.3 Å². The summed E-state index contributed by atoms with van der Waals surface area (Å²) < 4.78 is 16.5. The second kappa shape index (κ2) is 8.88. The number of thiazole rings is 1. The van der Waals surface area contributed by atoms with E-state index in [1.165, 1.54) is 16.6 Å². The lowest BCUT2D eigenvalue weighted by molar-refractivity contribution is -0.141. The van der Waals surface area contributed by atoms with Gasteiger partial charge in [-0.3, -0.25) is 23.9 Å². The number of esters is 1. The third-order valence-corrected chi connectivity index (χ3v) is 6.50. The number of nitrogens with zero attached hydrogens (tertiary/aromatic N) is 2. The first-order valence-electron chi connectivity index (χ1n) is 9.88. The smallest absolute Gasteiger partial charge is 0.325 e. The van der Waals surface area contributed by atoms with Gasteiger partial charge in [-0.2, -0.15) is 0 Å². The van der Waals surface area contributed by atoms with Crippen molar-refractivity contribution in [1.82, 2.24) is 4.57 Å². The van der Waals surface area contributed by atoms with E-state index in [2.05, 4.69) is 0 Å². The molecule has 8 nitrogen and oxygen atoms in total. The summed E-state index contributed by atoms with van der Waals surface area (Å²) in [4.78, 5) is 40.2. The Hall–Kier alpha value is -3.59. The van der Waals surface area contributed by atoms with Crippen molar-refractivity contribution in [1.29, 1.82) is 0 Å². The van der Waals surface area contributed by atoms with Gasteiger partial charge in [-0.15, -0.1) is 0 Å². The van der Waals surface area contributed by atoms with Crippen LogP contribution < -0.4 is 19.2 Å². The SMILES string of the molecule is COC(=O)Cn1c2c(sc1=O)[C@H](c1ccc(OC)cc1)CC(=O)N2c1ccc(OC)cc1. The largest absolute Gasteiger partial charge is 0.497 e. The Kier molecular flexibility index (Phi) is 6.00. The number of carbonyl (C=O) groups is 2. The van der Waals surface area contributed by atoms with E-state index in [-0.39, 0.29) is 29.7 Å². The highest BCUT2D eigenvalue weighted by atomic mass is 32.1. The molecule has 0 radical (unpaired) electrons. The Morgan fingerprint density at radius 3 is 2.12 bits per heavy atom. The molecule has 0 fully saturated rings. The summed E-state index contributed by atoms with van der Waals surface area (Å²) in [5.41, 5.74) is 1.47. The summed E-state index contributed by atoms with van der Waals surface area (Å²) in [5, 5.41) is 0. The Morgan fingerprint density at radius 1 is 0.969 bits per heavy atom. The number of amides is 1. The standard InChI is InChI=1S/C23H22N2O6S/c1-29-16-8-4-14(5-9-16)18-12-19(26)25(15-6-10-17(30-2)11-7-15)22-21(18)32-23(28)24(22)13-20(27)31-3/h4-11,18H,12-13H2,1-3H3/t18-/m0/s1. The van der Waals surface area contributed by atoms with Crippen LogP contribution in [0.3, 0.4) is 0 Å². The fourth-order valence-electron chi connectivity index (χ4n) is 3.78. The zero-order valence-electron chi connectivity index (χ0n) is 17.9. The molecule has 1 atom stereocenters. The lowest BCUT2D eigenvalue weighted by atomic mass is 9.90. The molecule has 3 aromatic rings. The summed E-state index contributed by atoms with van der Waals surface area (Å²) in [6.07, 6.45) is 0.184. The van der Waals surface area contributed by atoms with Gasteiger partial charge in [0.1, 0.15) is 23.9 Å². The van der Waals surface area contributed by atoms with Crippen LogP contribution in [0, 0.1) is 0 Å². The van der Waals surface area contributed by atoms with Crippen molar-refractivity contribution in [3.63, 3.8) is 0 Å². The number of ether oxygens (including phenoxy) is 3. The molecule has 32 heavy (non-hydrogen) atoms.